The van der Waals surface area contributed by atoms with Crippen molar-refractivity contribution in [2.75, 3.05) is 18.0 Å². The Morgan fingerprint density at radius 3 is 2.81 bits per heavy atom. The summed E-state index contributed by atoms with van der Waals surface area (Å²) < 4.78 is 0.810. The number of nitrogens with zero attached hydrogens (tertiary/aromatic N) is 3. The number of aromatic nitrogens is 2. The summed E-state index contributed by atoms with van der Waals surface area (Å²) in [6, 6.07) is 0. The van der Waals surface area contributed by atoms with Crippen molar-refractivity contribution < 1.29 is 9.90 Å². The summed E-state index contributed by atoms with van der Waals surface area (Å²) in [5.41, 5.74) is 0. The molecule has 1 aliphatic rings. The smallest absolute Gasteiger partial charge is 0.225 e. The Labute approximate surface area is 102 Å². The van der Waals surface area contributed by atoms with E-state index in [0.717, 1.165) is 17.4 Å². The van der Waals surface area contributed by atoms with Gasteiger partial charge in [0.15, 0.2) is 0 Å². The van der Waals surface area contributed by atoms with Crippen LogP contribution >= 0.6 is 15.9 Å². The molecule has 1 atom stereocenters. The monoisotopic (exact) mass is 284 g/mol. The van der Waals surface area contributed by atoms with Crippen LogP contribution < -0.4 is 10.0 Å². The maximum absolute atomic E-state index is 10.8. The van der Waals surface area contributed by atoms with E-state index < -0.39 is 11.9 Å². The standard InChI is InChI=1S/C10H12BrN3O2/c11-8-4-12-10(13-5-8)14-3-1-2-7(6-14)9(15)16/h4-5,7H,1-3,6H2,(H,15,16)/p-1/t7-/m1/s1. The van der Waals surface area contributed by atoms with E-state index in [9.17, 15) is 9.90 Å². The van der Waals surface area contributed by atoms with E-state index in [0.29, 0.717) is 18.9 Å². The van der Waals surface area contributed by atoms with Gasteiger partial charge in [-0.3, -0.25) is 0 Å². The highest BCUT2D eigenvalue weighted by molar-refractivity contribution is 9.10. The zero-order chi connectivity index (χ0) is 11.5. The molecular formula is C10H11BrN3O2-. The third-order valence-electron chi connectivity index (χ3n) is 2.64. The minimum absolute atomic E-state index is 0.416. The number of carboxylic acids is 1. The van der Waals surface area contributed by atoms with Gasteiger partial charge in [-0.1, -0.05) is 0 Å². The zero-order valence-electron chi connectivity index (χ0n) is 8.60. The Hall–Kier alpha value is -1.17. The van der Waals surface area contributed by atoms with Crippen molar-refractivity contribution in [3.05, 3.63) is 16.9 Å². The van der Waals surface area contributed by atoms with Crippen molar-refractivity contribution in [2.24, 2.45) is 5.92 Å². The third-order valence-corrected chi connectivity index (χ3v) is 3.05. The Morgan fingerprint density at radius 1 is 1.50 bits per heavy atom. The van der Waals surface area contributed by atoms with Crippen molar-refractivity contribution in [2.45, 2.75) is 12.8 Å². The van der Waals surface area contributed by atoms with E-state index >= 15 is 0 Å². The van der Waals surface area contributed by atoms with E-state index in [2.05, 4.69) is 25.9 Å². The second-order valence-electron chi connectivity index (χ2n) is 3.81. The Bertz CT molecular complexity index is 382. The van der Waals surface area contributed by atoms with Crippen LogP contribution in [0.4, 0.5) is 5.95 Å². The first-order valence-corrected chi connectivity index (χ1v) is 5.89. The number of halogens is 1. The van der Waals surface area contributed by atoms with Crippen LogP contribution in [0, 0.1) is 5.92 Å². The molecular weight excluding hydrogens is 274 g/mol. The molecule has 0 N–H and O–H groups in total. The second kappa shape index (κ2) is 4.78. The third kappa shape index (κ3) is 2.49. The number of rotatable bonds is 2. The van der Waals surface area contributed by atoms with Gasteiger partial charge in [0.1, 0.15) is 0 Å². The topological polar surface area (TPSA) is 69.2 Å². The van der Waals surface area contributed by atoms with Gasteiger partial charge < -0.3 is 14.8 Å². The number of hydrogen-bond donors (Lipinski definition) is 0. The normalized spacial score (nSPS) is 20.8. The minimum atomic E-state index is -0.984. The van der Waals surface area contributed by atoms with Crippen molar-refractivity contribution >= 4 is 27.8 Å². The lowest BCUT2D eigenvalue weighted by atomic mass is 9.99. The van der Waals surface area contributed by atoms with Crippen molar-refractivity contribution in [3.8, 4) is 0 Å². The predicted octanol–water partition coefficient (Wildman–Crippen LogP) is 0.205. The molecule has 16 heavy (non-hydrogen) atoms. The molecule has 0 aromatic carbocycles. The summed E-state index contributed by atoms with van der Waals surface area (Å²) >= 11 is 3.26. The summed E-state index contributed by atoms with van der Waals surface area (Å²) in [7, 11) is 0. The lowest BCUT2D eigenvalue weighted by Crippen LogP contribution is -2.44. The van der Waals surface area contributed by atoms with Gasteiger partial charge in [-0.15, -0.1) is 0 Å². The lowest BCUT2D eigenvalue weighted by Gasteiger charge is -2.33. The van der Waals surface area contributed by atoms with Gasteiger partial charge in [-0.25, -0.2) is 9.97 Å². The molecule has 0 bridgehead atoms. The molecule has 0 saturated carbocycles. The number of piperidine rings is 1. The molecule has 0 amide bonds. The van der Waals surface area contributed by atoms with E-state index in [1.807, 2.05) is 4.90 Å². The van der Waals surface area contributed by atoms with Gasteiger partial charge in [0, 0.05) is 37.4 Å². The van der Waals surface area contributed by atoms with Crippen LogP contribution in [-0.2, 0) is 4.79 Å². The number of carbonyl (C=O) groups excluding carboxylic acids is 1. The number of hydrogen-bond acceptors (Lipinski definition) is 5. The van der Waals surface area contributed by atoms with Crippen molar-refractivity contribution in [1.82, 2.24) is 9.97 Å². The fourth-order valence-electron chi connectivity index (χ4n) is 1.82. The molecule has 86 valence electrons. The summed E-state index contributed by atoms with van der Waals surface area (Å²) in [5.74, 6) is -0.822. The van der Waals surface area contributed by atoms with Crippen LogP contribution in [0.25, 0.3) is 0 Å². The molecule has 0 radical (unpaired) electrons. The molecule has 0 spiro atoms. The van der Waals surface area contributed by atoms with Gasteiger partial charge in [-0.05, 0) is 28.8 Å². The summed E-state index contributed by atoms with van der Waals surface area (Å²) in [6.07, 6.45) is 4.82. The molecule has 2 heterocycles. The highest BCUT2D eigenvalue weighted by atomic mass is 79.9. The average Bonchev–Trinajstić information content (AvgIpc) is 2.30. The highest BCUT2D eigenvalue weighted by Gasteiger charge is 2.22. The van der Waals surface area contributed by atoms with Gasteiger partial charge in [0.05, 0.1) is 4.47 Å². The largest absolute Gasteiger partial charge is 0.550 e. The second-order valence-corrected chi connectivity index (χ2v) is 4.72. The zero-order valence-corrected chi connectivity index (χ0v) is 10.2. The molecule has 1 aromatic rings. The highest BCUT2D eigenvalue weighted by Crippen LogP contribution is 2.20. The molecule has 1 aliphatic heterocycles. The van der Waals surface area contributed by atoms with Crippen molar-refractivity contribution in [1.29, 1.82) is 0 Å². The van der Waals surface area contributed by atoms with Crippen LogP contribution in [0.2, 0.25) is 0 Å². The maximum atomic E-state index is 10.8. The van der Waals surface area contributed by atoms with E-state index in [1.165, 1.54) is 0 Å². The van der Waals surface area contributed by atoms with Crippen LogP contribution in [0.15, 0.2) is 16.9 Å². The lowest BCUT2D eigenvalue weighted by molar-refractivity contribution is -0.311. The van der Waals surface area contributed by atoms with Crippen LogP contribution in [0.1, 0.15) is 12.8 Å². The SMILES string of the molecule is O=C([O-])[C@@H]1CCCN(c2ncc(Br)cn2)C1. The van der Waals surface area contributed by atoms with Gasteiger partial charge in [-0.2, -0.15) is 0 Å². The van der Waals surface area contributed by atoms with E-state index in [-0.39, 0.29) is 0 Å². The summed E-state index contributed by atoms with van der Waals surface area (Å²) in [6.45, 7) is 1.23. The van der Waals surface area contributed by atoms with Crippen LogP contribution in [0.3, 0.4) is 0 Å². The first kappa shape index (κ1) is 11.3. The number of carbonyl (C=O) groups is 1. The summed E-state index contributed by atoms with van der Waals surface area (Å²) in [5, 5.41) is 10.8. The van der Waals surface area contributed by atoms with Crippen molar-refractivity contribution in [3.63, 3.8) is 0 Å². The number of aliphatic carboxylic acids is 1. The van der Waals surface area contributed by atoms with Gasteiger partial charge in [0.2, 0.25) is 5.95 Å². The summed E-state index contributed by atoms with van der Waals surface area (Å²) in [4.78, 5) is 21.0. The maximum Gasteiger partial charge on any atom is 0.225 e. The fraction of sp³-hybridized carbons (Fsp3) is 0.500. The van der Waals surface area contributed by atoms with Gasteiger partial charge in [0.25, 0.3) is 0 Å². The Kier molecular flexibility index (Phi) is 3.38. The van der Waals surface area contributed by atoms with E-state index in [1.54, 1.807) is 12.4 Å². The Balaban J connectivity index is 2.09. The van der Waals surface area contributed by atoms with Gasteiger partial charge >= 0.3 is 0 Å². The quantitative estimate of drug-likeness (QED) is 0.776. The average molecular weight is 285 g/mol. The first-order chi connectivity index (χ1) is 7.66. The number of anilines is 1. The first-order valence-electron chi connectivity index (χ1n) is 5.10. The Morgan fingerprint density at radius 2 is 2.19 bits per heavy atom. The molecule has 0 unspecified atom stereocenters. The molecule has 5 nitrogen and oxygen atoms in total. The molecule has 1 saturated heterocycles. The van der Waals surface area contributed by atoms with Crippen LogP contribution in [-0.4, -0.2) is 29.0 Å². The fourth-order valence-corrected chi connectivity index (χ4v) is 2.02. The molecule has 0 aliphatic carbocycles. The number of carboxylic acid groups (broad SMARTS) is 1. The van der Waals surface area contributed by atoms with E-state index in [4.69, 9.17) is 0 Å². The van der Waals surface area contributed by atoms with Crippen LogP contribution in [0.5, 0.6) is 0 Å². The predicted molar refractivity (Wildman–Crippen MR) is 59.7 cm³/mol. The molecule has 2 rings (SSSR count). The molecule has 1 aromatic heterocycles. The molecule has 1 fully saturated rings. The molecule has 6 heteroatoms. The minimum Gasteiger partial charge on any atom is -0.550 e.